The second-order valence-electron chi connectivity index (χ2n) is 23.0. The highest BCUT2D eigenvalue weighted by Gasteiger charge is 2.73. The van der Waals surface area contributed by atoms with Crippen LogP contribution in [-0.4, -0.2) is 165 Å². The van der Waals surface area contributed by atoms with E-state index in [4.69, 9.17) is 23.7 Å². The predicted octanol–water partition coefficient (Wildman–Crippen LogP) is 3.99. The van der Waals surface area contributed by atoms with Crippen molar-refractivity contribution in [2.75, 3.05) is 56.7 Å². The van der Waals surface area contributed by atoms with Gasteiger partial charge in [0.2, 0.25) is 5.91 Å². The molecule has 75 heavy (non-hydrogen) atoms. The first-order valence-corrected chi connectivity index (χ1v) is 29.7. The number of likely N-dealkylation sites (tertiary alicyclic amines) is 2. The maximum Gasteiger partial charge on any atom is 0.252 e. The number of nitrogens with zero attached hydrogens (tertiary/aromatic N) is 2. The molecule has 15 atom stereocenters. The number of anilines is 1. The minimum absolute atomic E-state index is 0.0561. The monoisotopic (exact) mass is 1060 g/mol. The molecule has 14 rings (SSSR count). The Morgan fingerprint density at radius 2 is 1.71 bits per heavy atom. The van der Waals surface area contributed by atoms with E-state index in [0.29, 0.717) is 48.4 Å². The molecule has 3 saturated heterocycles. The minimum atomic E-state index is -1.71. The first-order chi connectivity index (χ1) is 36.3. The van der Waals surface area contributed by atoms with Crippen molar-refractivity contribution in [3.63, 3.8) is 0 Å². The van der Waals surface area contributed by atoms with E-state index in [9.17, 15) is 35.1 Å². The summed E-state index contributed by atoms with van der Waals surface area (Å²) in [6, 6.07) is 14.1. The summed E-state index contributed by atoms with van der Waals surface area (Å²) >= 11 is 0. The lowest BCUT2D eigenvalue weighted by atomic mass is 9.48. The van der Waals surface area contributed by atoms with E-state index in [0.717, 1.165) is 83.7 Å². The maximum absolute atomic E-state index is 13.6. The van der Waals surface area contributed by atoms with Crippen LogP contribution in [0.4, 0.5) is 5.69 Å². The number of carbonyl (C=O) groups excluding carboxylic acids is 2. The minimum Gasteiger partial charge on any atom is -0.504 e. The highest BCUT2D eigenvalue weighted by Crippen LogP contribution is 2.69. The molecule has 398 valence electrons. The Morgan fingerprint density at radius 3 is 2.55 bits per heavy atom. The highest BCUT2D eigenvalue weighted by molar-refractivity contribution is 8.76. The number of phenolic OH excluding ortho intramolecular Hbond substituents is 1. The zero-order valence-electron chi connectivity index (χ0n) is 42.2. The molecule has 5 heterocycles. The summed E-state index contributed by atoms with van der Waals surface area (Å²) in [5.41, 5.74) is 6.16. The molecular formula is C57H66N4O12S2. The van der Waals surface area contributed by atoms with Crippen molar-refractivity contribution >= 4 is 44.7 Å². The first-order valence-electron chi connectivity index (χ1n) is 27.2. The number of likely N-dealkylation sites (N-methyl/N-ethyl adjacent to an activating group) is 1. The van der Waals surface area contributed by atoms with E-state index in [2.05, 4.69) is 51.8 Å². The van der Waals surface area contributed by atoms with Gasteiger partial charge in [-0.15, -0.1) is 0 Å². The summed E-state index contributed by atoms with van der Waals surface area (Å²) < 4.78 is 32.3. The van der Waals surface area contributed by atoms with Crippen LogP contribution in [-0.2, 0) is 49.2 Å². The summed E-state index contributed by atoms with van der Waals surface area (Å²) in [6.07, 6.45) is 3.30. The second kappa shape index (κ2) is 18.1. The van der Waals surface area contributed by atoms with Crippen LogP contribution in [0.1, 0.15) is 72.4 Å². The average molecular weight is 1060 g/mol. The molecule has 3 aromatic rings. The fourth-order valence-electron chi connectivity index (χ4n) is 15.8. The van der Waals surface area contributed by atoms with E-state index in [1.807, 2.05) is 37.3 Å². The van der Waals surface area contributed by atoms with Crippen molar-refractivity contribution in [2.45, 2.75) is 136 Å². The predicted molar refractivity (Wildman–Crippen MR) is 281 cm³/mol. The molecule has 16 nitrogen and oxygen atoms in total. The molecule has 2 spiro atoms. The van der Waals surface area contributed by atoms with Crippen LogP contribution in [0.5, 0.6) is 23.0 Å². The van der Waals surface area contributed by atoms with Crippen LogP contribution in [0.15, 0.2) is 60.7 Å². The lowest BCUT2D eigenvalue weighted by Gasteiger charge is -2.62. The van der Waals surface area contributed by atoms with Gasteiger partial charge in [-0.1, -0.05) is 58.0 Å². The van der Waals surface area contributed by atoms with Gasteiger partial charge in [0.15, 0.2) is 35.4 Å². The summed E-state index contributed by atoms with van der Waals surface area (Å²) in [6.45, 7) is 5.38. The Hall–Kier alpha value is -4.34. The number of benzene rings is 3. The Kier molecular flexibility index (Phi) is 11.8. The highest BCUT2D eigenvalue weighted by atomic mass is 33.1. The van der Waals surface area contributed by atoms with E-state index in [1.54, 1.807) is 6.07 Å². The number of nitrogens with one attached hydrogen (secondary N) is 2. The Bertz CT molecular complexity index is 2920. The SMILES string of the molecule is CCOc1ccc2c3c1O[C@H]1[C@@H](O[C@@H]4O[C@H](C(=O)NCCSSCCC(=O)Nc5cccc6c5CC5C6=C[C@@]6(O)[C@H]7Cc8ccc(O)c9c8[C@@]6(CCN7CC6CC6)[C@H]5O9)[C@@H](O)[C@H](O)[C@H]4O)C=CC4[C@@H](C2)N(C)CC[C@@]341. The molecule has 2 unspecified atom stereocenters. The zero-order valence-corrected chi connectivity index (χ0v) is 43.8. The molecular weight excluding hydrogens is 997 g/mol. The standard InChI is InChI=1S/C57H66N4O12S2/c1-3-69-39-13-10-29-23-37-35-11-14-40(52-55(35,16-19-60(37)2)43(29)49(39)72-52)70-54-47(66)45(64)46(65)50(73-54)53(67)58-18-22-75-74-21-15-42(63)59-36-6-4-5-31-32(36)25-33-34(31)26-57(68)41-24-30-9-12-38(62)48-44(30)56(57,51(33)71-48)17-20-61(41)27-28-7-8-28/h4-6,9-14,26,28,33,35,37,40-41,45-47,50-52,54,62,64-66,68H,3,7-8,15-25,27H2,1-2H3,(H,58,67)(H,59,63)/t33?,35?,37-,40+,41-,45+,46+,47-,50+,51+,52+,54-,55+,56+,57-/m1/s1. The van der Waals surface area contributed by atoms with Gasteiger partial charge in [0.1, 0.15) is 42.2 Å². The molecule has 7 N–H and O–H groups in total. The molecule has 5 aliphatic heterocycles. The van der Waals surface area contributed by atoms with Gasteiger partial charge in [-0.05, 0) is 130 Å². The number of piperidine rings is 2. The third-order valence-corrected chi connectivity index (χ3v) is 21.7. The number of hydrogen-bond acceptors (Lipinski definition) is 16. The van der Waals surface area contributed by atoms with Crippen molar-refractivity contribution in [2.24, 2.45) is 17.8 Å². The summed E-state index contributed by atoms with van der Waals surface area (Å²) in [5.74, 6) is 3.09. The number of hydrogen-bond donors (Lipinski definition) is 7. The smallest absolute Gasteiger partial charge is 0.252 e. The van der Waals surface area contributed by atoms with Crippen LogP contribution in [0.3, 0.4) is 0 Å². The van der Waals surface area contributed by atoms with E-state index >= 15 is 0 Å². The number of aliphatic hydroxyl groups is 4. The molecule has 4 fully saturated rings. The van der Waals surface area contributed by atoms with Crippen LogP contribution >= 0.6 is 21.6 Å². The summed E-state index contributed by atoms with van der Waals surface area (Å²) in [7, 11) is 5.17. The molecule has 4 bridgehead atoms. The Morgan fingerprint density at radius 1 is 0.893 bits per heavy atom. The van der Waals surface area contributed by atoms with Crippen molar-refractivity contribution in [1.82, 2.24) is 15.1 Å². The zero-order chi connectivity index (χ0) is 51.3. The van der Waals surface area contributed by atoms with Crippen LogP contribution in [0, 0.1) is 17.8 Å². The lowest BCUT2D eigenvalue weighted by molar-refractivity contribution is -0.304. The normalized spacial score (nSPS) is 37.8. The van der Waals surface area contributed by atoms with Gasteiger partial charge in [-0.25, -0.2) is 0 Å². The van der Waals surface area contributed by atoms with Crippen LogP contribution in [0.25, 0.3) is 5.57 Å². The molecule has 18 heteroatoms. The number of rotatable bonds is 15. The summed E-state index contributed by atoms with van der Waals surface area (Å²) in [5, 5.41) is 63.6. The Balaban J connectivity index is 0.586. The number of ether oxygens (including phenoxy) is 5. The molecule has 0 radical (unpaired) electrons. The number of carbonyl (C=O) groups is 2. The van der Waals surface area contributed by atoms with Gasteiger partial charge in [-0.3, -0.25) is 14.5 Å². The second-order valence-corrected chi connectivity index (χ2v) is 25.7. The summed E-state index contributed by atoms with van der Waals surface area (Å²) in [4.78, 5) is 32.0. The van der Waals surface area contributed by atoms with Crippen LogP contribution < -0.4 is 24.8 Å². The molecule has 2 amide bonds. The maximum atomic E-state index is 13.6. The van der Waals surface area contributed by atoms with Gasteiger partial charge in [-0.2, -0.15) is 0 Å². The van der Waals surface area contributed by atoms with Crippen molar-refractivity contribution in [1.29, 1.82) is 0 Å². The average Bonchev–Trinajstić information content (AvgIpc) is 4.11. The number of fused-ring (bicyclic) bond motifs is 4. The topological polar surface area (TPSA) is 212 Å². The van der Waals surface area contributed by atoms with E-state index < -0.39 is 65.3 Å². The van der Waals surface area contributed by atoms with Crippen molar-refractivity contribution in [3.8, 4) is 23.0 Å². The first kappa shape index (κ1) is 49.0. The lowest BCUT2D eigenvalue weighted by Crippen LogP contribution is -2.75. The Labute approximate surface area is 443 Å². The number of aromatic hydroxyl groups is 1. The van der Waals surface area contributed by atoms with Crippen LogP contribution in [0.2, 0.25) is 0 Å². The molecule has 1 saturated carbocycles. The number of phenols is 1. The largest absolute Gasteiger partial charge is 0.504 e. The van der Waals surface area contributed by atoms with Gasteiger partial charge >= 0.3 is 0 Å². The molecule has 6 aliphatic carbocycles. The third kappa shape index (κ3) is 7.19. The van der Waals surface area contributed by atoms with Crippen molar-refractivity contribution < 1.29 is 58.8 Å². The third-order valence-electron chi connectivity index (χ3n) is 19.3. The molecule has 3 aromatic carbocycles. The number of amides is 2. The number of aliphatic hydroxyl groups excluding tert-OH is 3. The quantitative estimate of drug-likeness (QED) is 0.0652. The van der Waals surface area contributed by atoms with Gasteiger partial charge in [0.05, 0.1) is 12.0 Å². The molecule has 0 aromatic heterocycles. The fourth-order valence-corrected chi connectivity index (χ4v) is 17.7. The van der Waals surface area contributed by atoms with Gasteiger partial charge in [0, 0.05) is 77.2 Å². The van der Waals surface area contributed by atoms with E-state index in [1.165, 1.54) is 40.0 Å². The van der Waals surface area contributed by atoms with Crippen molar-refractivity contribution in [3.05, 3.63) is 94.1 Å². The van der Waals surface area contributed by atoms with Gasteiger partial charge < -0.3 is 64.8 Å². The van der Waals surface area contributed by atoms with Gasteiger partial charge in [0.25, 0.3) is 5.91 Å². The van der Waals surface area contributed by atoms with E-state index in [-0.39, 0.29) is 54.6 Å². The molecule has 11 aliphatic rings. The fraction of sp³-hybridized carbons (Fsp3) is 0.579.